The highest BCUT2D eigenvalue weighted by atomic mass is 16.5. The number of fused-ring (bicyclic) bond motifs is 2. The molecule has 1 aromatic rings. The predicted molar refractivity (Wildman–Crippen MR) is 121 cm³/mol. The summed E-state index contributed by atoms with van der Waals surface area (Å²) in [7, 11) is 0. The lowest BCUT2D eigenvalue weighted by Gasteiger charge is -2.44. The fourth-order valence-electron chi connectivity index (χ4n) is 6.12. The van der Waals surface area contributed by atoms with Gasteiger partial charge in [-0.05, 0) is 44.7 Å². The fourth-order valence-corrected chi connectivity index (χ4v) is 6.12. The molecule has 2 heterocycles. The quantitative estimate of drug-likeness (QED) is 0.537. The number of carbonyl (C=O) groups excluding carboxylic acids is 5. The van der Waals surface area contributed by atoms with Crippen molar-refractivity contribution in [2.45, 2.75) is 69.9 Å². The van der Waals surface area contributed by atoms with E-state index in [2.05, 4.69) is 5.32 Å². The molecule has 0 radical (unpaired) electrons. The van der Waals surface area contributed by atoms with Crippen LogP contribution in [-0.2, 0) is 28.7 Å². The molecule has 9 heteroatoms. The second kappa shape index (κ2) is 8.52. The third kappa shape index (κ3) is 3.40. The topological polar surface area (TPSA) is 113 Å². The minimum absolute atomic E-state index is 0.229. The van der Waals surface area contributed by atoms with Crippen molar-refractivity contribution < 1.29 is 28.7 Å². The van der Waals surface area contributed by atoms with Crippen LogP contribution in [-0.4, -0.2) is 52.7 Å². The first-order valence-electron chi connectivity index (χ1n) is 12.1. The van der Waals surface area contributed by atoms with Gasteiger partial charge in [-0.1, -0.05) is 37.8 Å². The van der Waals surface area contributed by atoms with Gasteiger partial charge in [0, 0.05) is 0 Å². The van der Waals surface area contributed by atoms with Crippen LogP contribution in [0.4, 0.5) is 11.4 Å². The third-order valence-corrected chi connectivity index (χ3v) is 7.87. The number of esters is 1. The Morgan fingerprint density at radius 1 is 1.03 bits per heavy atom. The maximum absolute atomic E-state index is 13.4. The molecule has 1 aromatic carbocycles. The summed E-state index contributed by atoms with van der Waals surface area (Å²) >= 11 is 0. The molecular formula is C25H29N3O6. The lowest BCUT2D eigenvalue weighted by Crippen LogP contribution is -2.61. The minimum atomic E-state index is -1.10. The van der Waals surface area contributed by atoms with Gasteiger partial charge < -0.3 is 10.1 Å². The SMILES string of the molecule is C[C@@H](C(=O)OCC(=O)N1c2ccccc2NC(=O)C12CCCC2)N1C(=O)C2CCCCC2C1=O. The number of ether oxygens (including phenoxy) is 1. The molecule has 34 heavy (non-hydrogen) atoms. The molecule has 180 valence electrons. The van der Waals surface area contributed by atoms with Gasteiger partial charge in [-0.3, -0.25) is 29.0 Å². The normalized spacial score (nSPS) is 26.2. The van der Waals surface area contributed by atoms with Crippen molar-refractivity contribution in [3.8, 4) is 0 Å². The monoisotopic (exact) mass is 467 g/mol. The summed E-state index contributed by atoms with van der Waals surface area (Å²) < 4.78 is 5.33. The molecule has 3 atom stereocenters. The van der Waals surface area contributed by atoms with Crippen molar-refractivity contribution in [1.29, 1.82) is 0 Å². The number of hydrogen-bond donors (Lipinski definition) is 1. The van der Waals surface area contributed by atoms with Gasteiger partial charge >= 0.3 is 5.97 Å². The van der Waals surface area contributed by atoms with E-state index >= 15 is 0 Å². The molecule has 9 nitrogen and oxygen atoms in total. The highest BCUT2D eigenvalue weighted by Gasteiger charge is 2.53. The van der Waals surface area contributed by atoms with E-state index in [0.29, 0.717) is 37.1 Å². The second-order valence-electron chi connectivity index (χ2n) is 9.77. The molecule has 2 unspecified atom stereocenters. The van der Waals surface area contributed by atoms with Gasteiger partial charge in [0.2, 0.25) is 11.8 Å². The van der Waals surface area contributed by atoms with Crippen molar-refractivity contribution in [3.63, 3.8) is 0 Å². The highest BCUT2D eigenvalue weighted by Crippen LogP contribution is 2.45. The Morgan fingerprint density at radius 2 is 1.65 bits per heavy atom. The largest absolute Gasteiger partial charge is 0.454 e. The summed E-state index contributed by atoms with van der Waals surface area (Å²) in [6.45, 7) is 0.887. The molecule has 4 amide bonds. The first-order chi connectivity index (χ1) is 16.3. The predicted octanol–water partition coefficient (Wildman–Crippen LogP) is 2.39. The lowest BCUT2D eigenvalue weighted by atomic mass is 9.81. The van der Waals surface area contributed by atoms with Crippen LogP contribution in [0.5, 0.6) is 0 Å². The summed E-state index contributed by atoms with van der Waals surface area (Å²) in [6, 6.07) is 5.96. The summed E-state index contributed by atoms with van der Waals surface area (Å²) in [5.41, 5.74) is 0.112. The summed E-state index contributed by atoms with van der Waals surface area (Å²) in [5.74, 6) is -2.89. The maximum atomic E-state index is 13.4. The van der Waals surface area contributed by atoms with Crippen molar-refractivity contribution in [3.05, 3.63) is 24.3 Å². The van der Waals surface area contributed by atoms with E-state index in [1.165, 1.54) is 11.8 Å². The van der Waals surface area contributed by atoms with E-state index < -0.39 is 30.1 Å². The molecule has 5 rings (SSSR count). The first kappa shape index (κ1) is 22.6. The van der Waals surface area contributed by atoms with Gasteiger partial charge in [-0.25, -0.2) is 4.79 Å². The molecule has 1 N–H and O–H groups in total. The zero-order chi connectivity index (χ0) is 24.0. The summed E-state index contributed by atoms with van der Waals surface area (Å²) in [4.78, 5) is 67.3. The zero-order valence-corrected chi connectivity index (χ0v) is 19.2. The number of nitrogens with one attached hydrogen (secondary N) is 1. The molecule has 1 spiro atoms. The number of rotatable bonds is 4. The number of hydrogen-bond acceptors (Lipinski definition) is 6. The molecule has 2 saturated carbocycles. The van der Waals surface area contributed by atoms with Gasteiger partial charge in [-0.2, -0.15) is 0 Å². The zero-order valence-electron chi connectivity index (χ0n) is 19.2. The van der Waals surface area contributed by atoms with Gasteiger partial charge in [0.05, 0.1) is 23.2 Å². The number of carbonyl (C=O) groups is 5. The highest BCUT2D eigenvalue weighted by molar-refractivity contribution is 6.15. The Balaban J connectivity index is 1.31. The number of benzene rings is 1. The number of amides is 4. The van der Waals surface area contributed by atoms with E-state index in [-0.39, 0.29) is 29.6 Å². The minimum Gasteiger partial charge on any atom is -0.454 e. The number of para-hydroxylation sites is 2. The van der Waals surface area contributed by atoms with Crippen LogP contribution >= 0.6 is 0 Å². The van der Waals surface area contributed by atoms with E-state index in [0.717, 1.165) is 30.6 Å². The van der Waals surface area contributed by atoms with Gasteiger partial charge in [0.25, 0.3) is 11.8 Å². The van der Waals surface area contributed by atoms with Gasteiger partial charge in [0.1, 0.15) is 11.6 Å². The van der Waals surface area contributed by atoms with Crippen LogP contribution in [0, 0.1) is 11.8 Å². The Labute approximate surface area is 197 Å². The van der Waals surface area contributed by atoms with Crippen LogP contribution < -0.4 is 10.2 Å². The van der Waals surface area contributed by atoms with E-state index in [1.807, 2.05) is 0 Å². The Bertz CT molecular complexity index is 1040. The fraction of sp³-hybridized carbons (Fsp3) is 0.560. The third-order valence-electron chi connectivity index (χ3n) is 7.87. The van der Waals surface area contributed by atoms with Crippen LogP contribution in [0.15, 0.2) is 24.3 Å². The van der Waals surface area contributed by atoms with Crippen molar-refractivity contribution >= 4 is 41.0 Å². The van der Waals surface area contributed by atoms with Crippen molar-refractivity contribution in [2.24, 2.45) is 11.8 Å². The molecule has 2 aliphatic carbocycles. The van der Waals surface area contributed by atoms with Crippen LogP contribution in [0.1, 0.15) is 58.3 Å². The molecule has 0 bridgehead atoms. The molecule has 3 fully saturated rings. The second-order valence-corrected chi connectivity index (χ2v) is 9.77. The first-order valence-corrected chi connectivity index (χ1v) is 12.1. The standard InChI is InChI=1S/C25H29N3O6/c1-15(27-21(30)16-8-2-3-9-17(16)22(27)31)23(32)34-14-20(29)28-19-11-5-4-10-18(19)26-24(33)25(28)12-6-7-13-25/h4-5,10-11,15-17H,2-3,6-9,12-14H2,1H3,(H,26,33)/t15-,16?,17?/m0/s1. The summed E-state index contributed by atoms with van der Waals surface area (Å²) in [5, 5.41) is 2.91. The Kier molecular flexibility index (Phi) is 5.65. The lowest BCUT2D eigenvalue weighted by molar-refractivity contribution is -0.159. The Hall–Kier alpha value is -3.23. The van der Waals surface area contributed by atoms with Crippen molar-refractivity contribution in [2.75, 3.05) is 16.8 Å². The van der Waals surface area contributed by atoms with Crippen LogP contribution in [0.25, 0.3) is 0 Å². The Morgan fingerprint density at radius 3 is 2.29 bits per heavy atom. The average molecular weight is 468 g/mol. The number of imide groups is 1. The van der Waals surface area contributed by atoms with Crippen molar-refractivity contribution in [1.82, 2.24) is 4.90 Å². The molecule has 0 aromatic heterocycles. The van der Waals surface area contributed by atoms with E-state index in [9.17, 15) is 24.0 Å². The number of likely N-dealkylation sites (tertiary alicyclic amines) is 1. The van der Waals surface area contributed by atoms with Crippen LogP contribution in [0.2, 0.25) is 0 Å². The molecule has 4 aliphatic rings. The van der Waals surface area contributed by atoms with E-state index in [1.54, 1.807) is 24.3 Å². The number of nitrogens with zero attached hydrogens (tertiary/aromatic N) is 2. The summed E-state index contributed by atoms with van der Waals surface area (Å²) in [6.07, 6.45) is 5.80. The molecule has 2 aliphatic heterocycles. The average Bonchev–Trinajstić information content (AvgIpc) is 3.42. The molecule has 1 saturated heterocycles. The number of anilines is 2. The molecular weight excluding hydrogens is 438 g/mol. The maximum Gasteiger partial charge on any atom is 0.329 e. The van der Waals surface area contributed by atoms with Gasteiger partial charge in [-0.15, -0.1) is 0 Å². The van der Waals surface area contributed by atoms with E-state index in [4.69, 9.17) is 4.74 Å². The van der Waals surface area contributed by atoms with Gasteiger partial charge in [0.15, 0.2) is 6.61 Å². The van der Waals surface area contributed by atoms with Crippen LogP contribution in [0.3, 0.4) is 0 Å². The smallest absolute Gasteiger partial charge is 0.329 e.